The largest absolute Gasteiger partial charge is 0.396 e. The van der Waals surface area contributed by atoms with E-state index in [1.165, 1.54) is 18.4 Å². The monoisotopic (exact) mass is 298 g/mol. The Balaban J connectivity index is 2.55. The maximum absolute atomic E-state index is 9.48. The molecule has 0 aliphatic carbocycles. The fraction of sp³-hybridized carbons (Fsp3) is 0.600. The average molecular weight is 299 g/mol. The van der Waals surface area contributed by atoms with Gasteiger partial charge < -0.3 is 5.11 Å². The number of aliphatic hydroxyl groups excluding tert-OH is 1. The van der Waals surface area contributed by atoms with E-state index in [2.05, 4.69) is 48.0 Å². The number of halogens is 1. The second-order valence-electron chi connectivity index (χ2n) is 4.97. The van der Waals surface area contributed by atoms with Gasteiger partial charge in [0.15, 0.2) is 0 Å². The molecular formula is C15H23BrO. The van der Waals surface area contributed by atoms with E-state index in [4.69, 9.17) is 0 Å². The van der Waals surface area contributed by atoms with Gasteiger partial charge in [-0.25, -0.2) is 0 Å². The molecule has 0 amide bonds. The summed E-state index contributed by atoms with van der Waals surface area (Å²) in [5, 5.41) is 9.48. The van der Waals surface area contributed by atoms with Crippen LogP contribution in [-0.2, 0) is 6.42 Å². The van der Waals surface area contributed by atoms with Crippen LogP contribution in [0.15, 0.2) is 28.7 Å². The van der Waals surface area contributed by atoms with Gasteiger partial charge in [-0.05, 0) is 36.3 Å². The van der Waals surface area contributed by atoms with Gasteiger partial charge in [0.1, 0.15) is 0 Å². The molecule has 2 unspecified atom stereocenters. The maximum Gasteiger partial charge on any atom is 0.0462 e. The third kappa shape index (κ3) is 5.22. The van der Waals surface area contributed by atoms with E-state index < -0.39 is 0 Å². The summed E-state index contributed by atoms with van der Waals surface area (Å²) in [5.74, 6) is 1.09. The van der Waals surface area contributed by atoms with Crippen LogP contribution < -0.4 is 0 Å². The Labute approximate surface area is 113 Å². The van der Waals surface area contributed by atoms with Crippen molar-refractivity contribution in [1.82, 2.24) is 0 Å². The summed E-state index contributed by atoms with van der Waals surface area (Å²) in [4.78, 5) is 0. The molecule has 0 aliphatic rings. The van der Waals surface area contributed by atoms with Crippen molar-refractivity contribution in [3.8, 4) is 0 Å². The number of hydrogen-bond acceptors (Lipinski definition) is 1. The van der Waals surface area contributed by atoms with Gasteiger partial charge in [-0.2, -0.15) is 0 Å². The summed E-state index contributed by atoms with van der Waals surface area (Å²) < 4.78 is 1.15. The molecule has 96 valence electrons. The molecule has 0 radical (unpaired) electrons. The molecule has 0 heterocycles. The average Bonchev–Trinajstić information content (AvgIpc) is 2.31. The van der Waals surface area contributed by atoms with Crippen LogP contribution in [0.3, 0.4) is 0 Å². The van der Waals surface area contributed by atoms with Gasteiger partial charge in [0.2, 0.25) is 0 Å². The fourth-order valence-corrected chi connectivity index (χ4v) is 2.82. The van der Waals surface area contributed by atoms with E-state index in [1.54, 1.807) is 0 Å². The predicted molar refractivity (Wildman–Crippen MR) is 77.1 cm³/mol. The minimum absolute atomic E-state index is 0.287. The second-order valence-corrected chi connectivity index (χ2v) is 5.83. The third-order valence-electron chi connectivity index (χ3n) is 3.24. The van der Waals surface area contributed by atoms with Crippen molar-refractivity contribution in [2.24, 2.45) is 11.8 Å². The molecule has 2 heteroatoms. The molecular weight excluding hydrogens is 276 g/mol. The molecule has 0 saturated heterocycles. The Bertz CT molecular complexity index is 324. The molecule has 0 aliphatic heterocycles. The van der Waals surface area contributed by atoms with Gasteiger partial charge in [-0.3, -0.25) is 0 Å². The Hall–Kier alpha value is -0.340. The third-order valence-corrected chi connectivity index (χ3v) is 4.02. The molecule has 0 fully saturated rings. The Morgan fingerprint density at radius 2 is 2.00 bits per heavy atom. The van der Waals surface area contributed by atoms with Crippen LogP contribution in [0.25, 0.3) is 0 Å². The molecule has 2 atom stereocenters. The summed E-state index contributed by atoms with van der Waals surface area (Å²) in [6.07, 6.45) is 4.57. The number of rotatable bonds is 7. The molecule has 1 aromatic rings. The summed E-state index contributed by atoms with van der Waals surface area (Å²) in [6, 6.07) is 8.29. The summed E-state index contributed by atoms with van der Waals surface area (Å²) >= 11 is 3.57. The first-order valence-corrected chi connectivity index (χ1v) is 7.30. The van der Waals surface area contributed by atoms with E-state index in [1.807, 2.05) is 6.07 Å². The van der Waals surface area contributed by atoms with Crippen molar-refractivity contribution in [1.29, 1.82) is 0 Å². The van der Waals surface area contributed by atoms with Gasteiger partial charge in [0.25, 0.3) is 0 Å². The molecule has 0 spiro atoms. The van der Waals surface area contributed by atoms with Crippen LogP contribution >= 0.6 is 15.9 Å². The highest BCUT2D eigenvalue weighted by molar-refractivity contribution is 9.10. The van der Waals surface area contributed by atoms with Crippen LogP contribution in [0.2, 0.25) is 0 Å². The normalized spacial score (nSPS) is 14.6. The van der Waals surface area contributed by atoms with Crippen LogP contribution in [0.5, 0.6) is 0 Å². The number of aliphatic hydroxyl groups is 1. The first-order chi connectivity index (χ1) is 8.17. The fourth-order valence-electron chi connectivity index (χ4n) is 2.38. The van der Waals surface area contributed by atoms with E-state index in [9.17, 15) is 5.11 Å². The molecule has 1 N–H and O–H groups in total. The molecule has 0 bridgehead atoms. The smallest absolute Gasteiger partial charge is 0.0462 e. The van der Waals surface area contributed by atoms with Crippen LogP contribution in [-0.4, -0.2) is 11.7 Å². The van der Waals surface area contributed by atoms with Crippen molar-refractivity contribution in [2.45, 2.75) is 39.5 Å². The number of hydrogen-bond donors (Lipinski definition) is 1. The van der Waals surface area contributed by atoms with Crippen molar-refractivity contribution in [3.63, 3.8) is 0 Å². The van der Waals surface area contributed by atoms with Gasteiger partial charge in [0.05, 0.1) is 0 Å². The zero-order valence-electron chi connectivity index (χ0n) is 10.8. The van der Waals surface area contributed by atoms with Crippen molar-refractivity contribution in [3.05, 3.63) is 34.3 Å². The Kier molecular flexibility index (Phi) is 6.83. The first kappa shape index (κ1) is 14.7. The molecule has 0 saturated carbocycles. The predicted octanol–water partition coefficient (Wildman–Crippen LogP) is 4.43. The lowest BCUT2D eigenvalue weighted by Gasteiger charge is -2.19. The van der Waals surface area contributed by atoms with Crippen molar-refractivity contribution < 1.29 is 5.11 Å². The zero-order chi connectivity index (χ0) is 12.7. The maximum atomic E-state index is 9.48. The van der Waals surface area contributed by atoms with Crippen molar-refractivity contribution in [2.75, 3.05) is 6.61 Å². The first-order valence-electron chi connectivity index (χ1n) is 6.51. The van der Waals surface area contributed by atoms with Crippen LogP contribution in [0, 0.1) is 11.8 Å². The SMILES string of the molecule is CCCC(C)CC(CO)Cc1ccccc1Br. The Morgan fingerprint density at radius 1 is 1.29 bits per heavy atom. The minimum atomic E-state index is 0.287. The van der Waals surface area contributed by atoms with Gasteiger partial charge >= 0.3 is 0 Å². The van der Waals surface area contributed by atoms with Crippen LogP contribution in [0.4, 0.5) is 0 Å². The molecule has 1 aromatic carbocycles. The van der Waals surface area contributed by atoms with E-state index in [0.717, 1.165) is 17.3 Å². The zero-order valence-corrected chi connectivity index (χ0v) is 12.4. The highest BCUT2D eigenvalue weighted by atomic mass is 79.9. The summed E-state index contributed by atoms with van der Waals surface area (Å²) in [5.41, 5.74) is 1.30. The quantitative estimate of drug-likeness (QED) is 0.790. The van der Waals surface area contributed by atoms with Crippen molar-refractivity contribution >= 4 is 15.9 Å². The summed E-state index contributed by atoms with van der Waals surface area (Å²) in [6.45, 7) is 4.79. The van der Waals surface area contributed by atoms with E-state index in [-0.39, 0.29) is 6.61 Å². The summed E-state index contributed by atoms with van der Waals surface area (Å²) in [7, 11) is 0. The lowest BCUT2D eigenvalue weighted by atomic mass is 9.89. The lowest BCUT2D eigenvalue weighted by molar-refractivity contribution is 0.200. The van der Waals surface area contributed by atoms with Gasteiger partial charge in [0, 0.05) is 11.1 Å². The minimum Gasteiger partial charge on any atom is -0.396 e. The molecule has 1 rings (SSSR count). The van der Waals surface area contributed by atoms with E-state index >= 15 is 0 Å². The van der Waals surface area contributed by atoms with Gasteiger partial charge in [-0.1, -0.05) is 60.8 Å². The van der Waals surface area contributed by atoms with Gasteiger partial charge in [-0.15, -0.1) is 0 Å². The second kappa shape index (κ2) is 7.88. The highest BCUT2D eigenvalue weighted by Gasteiger charge is 2.14. The molecule has 0 aromatic heterocycles. The molecule has 17 heavy (non-hydrogen) atoms. The van der Waals surface area contributed by atoms with E-state index in [0.29, 0.717) is 11.8 Å². The lowest BCUT2D eigenvalue weighted by Crippen LogP contribution is -2.14. The molecule has 1 nitrogen and oxygen atoms in total. The number of benzene rings is 1. The standard InChI is InChI=1S/C15H23BrO/c1-3-6-12(2)9-13(11-17)10-14-7-4-5-8-15(14)16/h4-5,7-8,12-13,17H,3,6,9-11H2,1-2H3. The highest BCUT2D eigenvalue weighted by Crippen LogP contribution is 2.24. The Morgan fingerprint density at radius 3 is 2.59 bits per heavy atom. The topological polar surface area (TPSA) is 20.2 Å². The van der Waals surface area contributed by atoms with Crippen LogP contribution in [0.1, 0.15) is 38.7 Å².